The lowest BCUT2D eigenvalue weighted by atomic mass is 10.1. The van der Waals surface area contributed by atoms with Gasteiger partial charge < -0.3 is 10.5 Å². The standard InChI is InChI=1S/C15H13FN2O/c16-14-7-12(9-18)4-5-15(14)19-10-13-3-1-2-11(6-13)8-17/h1-7H,9-10,18H2. The van der Waals surface area contributed by atoms with Gasteiger partial charge in [-0.3, -0.25) is 0 Å². The van der Waals surface area contributed by atoms with Crippen LogP contribution < -0.4 is 10.5 Å². The van der Waals surface area contributed by atoms with Crippen LogP contribution in [-0.2, 0) is 13.2 Å². The monoisotopic (exact) mass is 256 g/mol. The number of ether oxygens (including phenoxy) is 1. The molecule has 2 aromatic carbocycles. The van der Waals surface area contributed by atoms with E-state index >= 15 is 0 Å². The molecular weight excluding hydrogens is 243 g/mol. The van der Waals surface area contributed by atoms with Crippen molar-refractivity contribution in [2.75, 3.05) is 0 Å². The maximum Gasteiger partial charge on any atom is 0.165 e. The highest BCUT2D eigenvalue weighted by atomic mass is 19.1. The van der Waals surface area contributed by atoms with Crippen molar-refractivity contribution in [3.8, 4) is 11.8 Å². The lowest BCUT2D eigenvalue weighted by molar-refractivity contribution is 0.290. The van der Waals surface area contributed by atoms with E-state index in [2.05, 4.69) is 0 Å². The first kappa shape index (κ1) is 13.1. The summed E-state index contributed by atoms with van der Waals surface area (Å²) in [5.74, 6) is -0.251. The summed E-state index contributed by atoms with van der Waals surface area (Å²) < 4.78 is 19.0. The van der Waals surface area contributed by atoms with E-state index in [4.69, 9.17) is 15.7 Å². The summed E-state index contributed by atoms with van der Waals surface area (Å²) in [7, 11) is 0. The van der Waals surface area contributed by atoms with Crippen LogP contribution in [0.4, 0.5) is 4.39 Å². The lowest BCUT2D eigenvalue weighted by Gasteiger charge is -2.08. The molecule has 0 amide bonds. The van der Waals surface area contributed by atoms with Crippen molar-refractivity contribution >= 4 is 0 Å². The van der Waals surface area contributed by atoms with Crippen LogP contribution in [0.1, 0.15) is 16.7 Å². The van der Waals surface area contributed by atoms with E-state index in [1.807, 2.05) is 12.1 Å². The second kappa shape index (κ2) is 5.98. The van der Waals surface area contributed by atoms with Crippen molar-refractivity contribution in [3.05, 3.63) is 65.0 Å². The zero-order valence-corrected chi connectivity index (χ0v) is 10.3. The molecule has 0 radical (unpaired) electrons. The van der Waals surface area contributed by atoms with Crippen LogP contribution in [0.15, 0.2) is 42.5 Å². The van der Waals surface area contributed by atoms with Gasteiger partial charge in [0.25, 0.3) is 0 Å². The Labute approximate surface area is 111 Å². The Morgan fingerprint density at radius 1 is 1.16 bits per heavy atom. The van der Waals surface area contributed by atoms with Crippen molar-refractivity contribution < 1.29 is 9.13 Å². The summed E-state index contributed by atoms with van der Waals surface area (Å²) in [6, 6.07) is 13.7. The van der Waals surface area contributed by atoms with E-state index in [0.29, 0.717) is 12.1 Å². The van der Waals surface area contributed by atoms with E-state index < -0.39 is 5.82 Å². The Hall–Kier alpha value is -2.38. The van der Waals surface area contributed by atoms with Gasteiger partial charge in [0.1, 0.15) is 6.61 Å². The Bertz CT molecular complexity index is 620. The predicted molar refractivity (Wildman–Crippen MR) is 69.8 cm³/mol. The highest BCUT2D eigenvalue weighted by Gasteiger charge is 2.05. The fourth-order valence-electron chi connectivity index (χ4n) is 1.68. The number of nitriles is 1. The van der Waals surface area contributed by atoms with Gasteiger partial charge >= 0.3 is 0 Å². The number of nitrogens with zero attached hydrogens (tertiary/aromatic N) is 1. The largest absolute Gasteiger partial charge is 0.486 e. The fraction of sp³-hybridized carbons (Fsp3) is 0.133. The van der Waals surface area contributed by atoms with Crippen LogP contribution in [0.2, 0.25) is 0 Å². The van der Waals surface area contributed by atoms with E-state index in [0.717, 1.165) is 11.1 Å². The molecule has 0 saturated heterocycles. The minimum Gasteiger partial charge on any atom is -0.486 e. The van der Waals surface area contributed by atoms with Gasteiger partial charge in [0.05, 0.1) is 11.6 Å². The number of halogens is 1. The molecule has 19 heavy (non-hydrogen) atoms. The normalized spacial score (nSPS) is 9.95. The molecule has 0 aromatic heterocycles. The first-order chi connectivity index (χ1) is 9.22. The van der Waals surface area contributed by atoms with Crippen LogP contribution in [0, 0.1) is 17.1 Å². The molecule has 0 aliphatic carbocycles. The zero-order valence-electron chi connectivity index (χ0n) is 10.3. The maximum absolute atomic E-state index is 13.7. The molecule has 0 unspecified atom stereocenters. The minimum absolute atomic E-state index is 0.180. The summed E-state index contributed by atoms with van der Waals surface area (Å²) in [5.41, 5.74) is 7.52. The van der Waals surface area contributed by atoms with Crippen LogP contribution in [0.25, 0.3) is 0 Å². The van der Waals surface area contributed by atoms with Gasteiger partial charge in [0.15, 0.2) is 11.6 Å². The molecule has 0 aliphatic rings. The molecule has 3 nitrogen and oxygen atoms in total. The number of nitrogens with two attached hydrogens (primary N) is 1. The van der Waals surface area contributed by atoms with Crippen molar-refractivity contribution in [3.63, 3.8) is 0 Å². The predicted octanol–water partition coefficient (Wildman–Crippen LogP) is 2.74. The smallest absolute Gasteiger partial charge is 0.165 e. The molecule has 4 heteroatoms. The van der Waals surface area contributed by atoms with Crippen molar-refractivity contribution in [1.29, 1.82) is 5.26 Å². The van der Waals surface area contributed by atoms with Crippen LogP contribution in [-0.4, -0.2) is 0 Å². The topological polar surface area (TPSA) is 59.0 Å². The summed E-state index contributed by atoms with van der Waals surface area (Å²) in [5, 5.41) is 8.79. The molecule has 96 valence electrons. The van der Waals surface area contributed by atoms with Crippen LogP contribution in [0.3, 0.4) is 0 Å². The van der Waals surface area contributed by atoms with Crippen molar-refractivity contribution in [1.82, 2.24) is 0 Å². The second-order valence-corrected chi connectivity index (χ2v) is 4.07. The molecule has 0 atom stereocenters. The Morgan fingerprint density at radius 2 is 2.00 bits per heavy atom. The molecule has 2 N–H and O–H groups in total. The number of rotatable bonds is 4. The third-order valence-corrected chi connectivity index (χ3v) is 2.68. The maximum atomic E-state index is 13.7. The third kappa shape index (κ3) is 3.30. The summed E-state index contributed by atoms with van der Waals surface area (Å²) >= 11 is 0. The quantitative estimate of drug-likeness (QED) is 0.915. The van der Waals surface area contributed by atoms with Crippen LogP contribution in [0.5, 0.6) is 5.75 Å². The highest BCUT2D eigenvalue weighted by Crippen LogP contribution is 2.19. The summed E-state index contributed by atoms with van der Waals surface area (Å²) in [4.78, 5) is 0. The van der Waals surface area contributed by atoms with Gasteiger partial charge in [-0.15, -0.1) is 0 Å². The number of hydrogen-bond acceptors (Lipinski definition) is 3. The van der Waals surface area contributed by atoms with Gasteiger partial charge in [-0.1, -0.05) is 18.2 Å². The summed E-state index contributed by atoms with van der Waals surface area (Å²) in [6.07, 6.45) is 0. The van der Waals surface area contributed by atoms with E-state index in [1.165, 1.54) is 6.07 Å². The summed E-state index contributed by atoms with van der Waals surface area (Å²) in [6.45, 7) is 0.510. The Kier molecular flexibility index (Phi) is 4.11. The molecular formula is C15H13FN2O. The molecule has 0 spiro atoms. The van der Waals surface area contributed by atoms with E-state index in [-0.39, 0.29) is 12.4 Å². The van der Waals surface area contributed by atoms with Gasteiger partial charge in [0.2, 0.25) is 0 Å². The van der Waals surface area contributed by atoms with Gasteiger partial charge in [-0.05, 0) is 35.4 Å². The van der Waals surface area contributed by atoms with Gasteiger partial charge in [0, 0.05) is 6.54 Å². The first-order valence-electron chi connectivity index (χ1n) is 5.83. The average Bonchev–Trinajstić information content (AvgIpc) is 2.46. The zero-order chi connectivity index (χ0) is 13.7. The molecule has 2 rings (SSSR count). The molecule has 0 bridgehead atoms. The second-order valence-electron chi connectivity index (χ2n) is 4.07. The van der Waals surface area contributed by atoms with Crippen molar-refractivity contribution in [2.45, 2.75) is 13.2 Å². The SMILES string of the molecule is N#Cc1cccc(COc2ccc(CN)cc2F)c1. The first-order valence-corrected chi connectivity index (χ1v) is 5.83. The molecule has 0 saturated carbocycles. The number of hydrogen-bond donors (Lipinski definition) is 1. The average molecular weight is 256 g/mol. The Balaban J connectivity index is 2.08. The van der Waals surface area contributed by atoms with E-state index in [9.17, 15) is 4.39 Å². The van der Waals surface area contributed by atoms with Crippen molar-refractivity contribution in [2.24, 2.45) is 5.73 Å². The highest BCUT2D eigenvalue weighted by molar-refractivity contribution is 5.33. The third-order valence-electron chi connectivity index (χ3n) is 2.68. The minimum atomic E-state index is -0.431. The fourth-order valence-corrected chi connectivity index (χ4v) is 1.68. The number of benzene rings is 2. The molecule has 2 aromatic rings. The lowest BCUT2D eigenvalue weighted by Crippen LogP contribution is -2.00. The van der Waals surface area contributed by atoms with E-state index in [1.54, 1.807) is 30.3 Å². The van der Waals surface area contributed by atoms with Crippen LogP contribution >= 0.6 is 0 Å². The molecule has 0 heterocycles. The Morgan fingerprint density at radius 3 is 2.68 bits per heavy atom. The van der Waals surface area contributed by atoms with Gasteiger partial charge in [-0.25, -0.2) is 4.39 Å². The van der Waals surface area contributed by atoms with Gasteiger partial charge in [-0.2, -0.15) is 5.26 Å². The molecule has 0 aliphatic heterocycles. The molecule has 0 fully saturated rings.